The van der Waals surface area contributed by atoms with Gasteiger partial charge in [-0.2, -0.15) is 0 Å². The molecule has 0 atom stereocenters. The van der Waals surface area contributed by atoms with Crippen LogP contribution < -0.4 is 10.1 Å². The van der Waals surface area contributed by atoms with E-state index in [9.17, 15) is 0 Å². The molecule has 0 aliphatic rings. The third-order valence-electron chi connectivity index (χ3n) is 1.78. The number of aromatic nitrogens is 2. The maximum absolute atomic E-state index is 5.43. The zero-order chi connectivity index (χ0) is 11.8. The minimum absolute atomic E-state index is 0.228. The van der Waals surface area contributed by atoms with Gasteiger partial charge in [-0.05, 0) is 20.8 Å². The van der Waals surface area contributed by atoms with E-state index in [1.165, 1.54) is 6.33 Å². The number of ether oxygens (including phenoxy) is 2. The Kier molecular flexibility index (Phi) is 5.56. The molecular formula is C11H19N3O2. The maximum Gasteiger partial charge on any atom is 0.218 e. The van der Waals surface area contributed by atoms with Gasteiger partial charge in [0.05, 0.1) is 12.7 Å². The molecule has 0 spiro atoms. The van der Waals surface area contributed by atoms with Crippen LogP contribution in [0.15, 0.2) is 12.4 Å². The molecule has 0 saturated heterocycles. The molecule has 0 fully saturated rings. The Labute approximate surface area is 96.2 Å². The second kappa shape index (κ2) is 7.00. The highest BCUT2D eigenvalue weighted by Gasteiger charge is 1.99. The standard InChI is InChI=1S/C11H19N3O2/c1-4-12-10-7-11(14-8-13-10)16-6-5-15-9(2)3/h7-9H,4-6H2,1-3H3,(H,12,13,14). The number of nitrogens with zero attached hydrogens (tertiary/aromatic N) is 2. The van der Waals surface area contributed by atoms with E-state index in [0.717, 1.165) is 12.4 Å². The molecule has 0 amide bonds. The molecule has 1 N–H and O–H groups in total. The van der Waals surface area contributed by atoms with Crippen molar-refractivity contribution >= 4 is 5.82 Å². The fourth-order valence-corrected chi connectivity index (χ4v) is 1.13. The lowest BCUT2D eigenvalue weighted by Crippen LogP contribution is -2.12. The summed E-state index contributed by atoms with van der Waals surface area (Å²) in [7, 11) is 0. The summed E-state index contributed by atoms with van der Waals surface area (Å²) in [4.78, 5) is 8.06. The molecule has 5 nitrogen and oxygen atoms in total. The van der Waals surface area contributed by atoms with E-state index >= 15 is 0 Å². The van der Waals surface area contributed by atoms with Crippen LogP contribution in [0.1, 0.15) is 20.8 Å². The van der Waals surface area contributed by atoms with E-state index in [-0.39, 0.29) is 6.10 Å². The van der Waals surface area contributed by atoms with Gasteiger partial charge in [0, 0.05) is 12.6 Å². The molecule has 0 saturated carbocycles. The Morgan fingerprint density at radius 3 is 2.81 bits per heavy atom. The van der Waals surface area contributed by atoms with E-state index in [4.69, 9.17) is 9.47 Å². The van der Waals surface area contributed by atoms with Crippen molar-refractivity contribution in [1.29, 1.82) is 0 Å². The first-order valence-electron chi connectivity index (χ1n) is 5.52. The van der Waals surface area contributed by atoms with Crippen LogP contribution in [0.25, 0.3) is 0 Å². The Morgan fingerprint density at radius 1 is 1.31 bits per heavy atom. The summed E-state index contributed by atoms with van der Waals surface area (Å²) in [5.41, 5.74) is 0. The van der Waals surface area contributed by atoms with Crippen molar-refractivity contribution in [3.05, 3.63) is 12.4 Å². The van der Waals surface area contributed by atoms with Crippen molar-refractivity contribution in [2.75, 3.05) is 25.1 Å². The van der Waals surface area contributed by atoms with Gasteiger partial charge in [0.15, 0.2) is 0 Å². The fraction of sp³-hybridized carbons (Fsp3) is 0.636. The largest absolute Gasteiger partial charge is 0.475 e. The zero-order valence-electron chi connectivity index (χ0n) is 10.1. The van der Waals surface area contributed by atoms with Gasteiger partial charge in [0.2, 0.25) is 5.88 Å². The van der Waals surface area contributed by atoms with Gasteiger partial charge >= 0.3 is 0 Å². The third kappa shape index (κ3) is 4.93. The molecule has 0 bridgehead atoms. The molecule has 0 unspecified atom stereocenters. The topological polar surface area (TPSA) is 56.3 Å². The van der Waals surface area contributed by atoms with Gasteiger partial charge in [-0.1, -0.05) is 0 Å². The molecule has 0 aromatic carbocycles. The predicted molar refractivity (Wildman–Crippen MR) is 62.8 cm³/mol. The lowest BCUT2D eigenvalue weighted by atomic mass is 10.5. The monoisotopic (exact) mass is 225 g/mol. The zero-order valence-corrected chi connectivity index (χ0v) is 10.1. The molecule has 16 heavy (non-hydrogen) atoms. The summed E-state index contributed by atoms with van der Waals surface area (Å²) >= 11 is 0. The Bertz CT molecular complexity index is 305. The van der Waals surface area contributed by atoms with Crippen LogP contribution in [0.2, 0.25) is 0 Å². The second-order valence-electron chi connectivity index (χ2n) is 3.54. The highest BCUT2D eigenvalue weighted by atomic mass is 16.5. The van der Waals surface area contributed by atoms with E-state index in [1.807, 2.05) is 20.8 Å². The predicted octanol–water partition coefficient (Wildman–Crippen LogP) is 1.71. The van der Waals surface area contributed by atoms with Gasteiger partial charge in [0.25, 0.3) is 0 Å². The van der Waals surface area contributed by atoms with Crippen molar-refractivity contribution in [2.45, 2.75) is 26.9 Å². The first-order valence-corrected chi connectivity index (χ1v) is 5.52. The first-order chi connectivity index (χ1) is 7.72. The first kappa shape index (κ1) is 12.7. The summed E-state index contributed by atoms with van der Waals surface area (Å²) in [6.07, 6.45) is 1.71. The highest BCUT2D eigenvalue weighted by molar-refractivity contribution is 5.36. The van der Waals surface area contributed by atoms with E-state index < -0.39 is 0 Å². The number of rotatable bonds is 7. The van der Waals surface area contributed by atoms with Crippen molar-refractivity contribution in [3.8, 4) is 5.88 Å². The van der Waals surface area contributed by atoms with E-state index in [2.05, 4.69) is 15.3 Å². The normalized spacial score (nSPS) is 10.5. The summed E-state index contributed by atoms with van der Waals surface area (Å²) in [6.45, 7) is 7.90. The van der Waals surface area contributed by atoms with E-state index in [1.54, 1.807) is 6.07 Å². The molecule has 0 radical (unpaired) electrons. The second-order valence-corrected chi connectivity index (χ2v) is 3.54. The molecule has 90 valence electrons. The van der Waals surface area contributed by atoms with Crippen LogP contribution in [0.3, 0.4) is 0 Å². The Hall–Kier alpha value is -1.36. The molecule has 0 aliphatic heterocycles. The van der Waals surface area contributed by atoms with Crippen molar-refractivity contribution in [3.63, 3.8) is 0 Å². The van der Waals surface area contributed by atoms with Gasteiger partial charge in [0.1, 0.15) is 18.8 Å². The van der Waals surface area contributed by atoms with Crippen LogP contribution in [-0.2, 0) is 4.74 Å². The quantitative estimate of drug-likeness (QED) is 0.716. The third-order valence-corrected chi connectivity index (χ3v) is 1.78. The van der Waals surface area contributed by atoms with Crippen LogP contribution in [0.4, 0.5) is 5.82 Å². The summed E-state index contributed by atoms with van der Waals surface area (Å²) < 4.78 is 10.8. The van der Waals surface area contributed by atoms with Crippen molar-refractivity contribution in [2.24, 2.45) is 0 Å². The highest BCUT2D eigenvalue weighted by Crippen LogP contribution is 2.10. The molecule has 1 rings (SSSR count). The molecule has 1 aromatic rings. The van der Waals surface area contributed by atoms with Gasteiger partial charge in [-0.3, -0.25) is 0 Å². The summed E-state index contributed by atoms with van der Waals surface area (Å²) in [6, 6.07) is 1.78. The van der Waals surface area contributed by atoms with Crippen LogP contribution in [0.5, 0.6) is 5.88 Å². The van der Waals surface area contributed by atoms with Crippen LogP contribution in [0, 0.1) is 0 Å². The number of hydrogen-bond donors (Lipinski definition) is 1. The average molecular weight is 225 g/mol. The Morgan fingerprint density at radius 2 is 2.12 bits per heavy atom. The minimum atomic E-state index is 0.228. The lowest BCUT2D eigenvalue weighted by molar-refractivity contribution is 0.0542. The summed E-state index contributed by atoms with van der Waals surface area (Å²) in [5.74, 6) is 1.34. The SMILES string of the molecule is CCNc1cc(OCCOC(C)C)ncn1. The lowest BCUT2D eigenvalue weighted by Gasteiger charge is -2.09. The molecule has 0 aliphatic carbocycles. The number of anilines is 1. The van der Waals surface area contributed by atoms with Crippen LogP contribution >= 0.6 is 0 Å². The van der Waals surface area contributed by atoms with Crippen molar-refractivity contribution < 1.29 is 9.47 Å². The van der Waals surface area contributed by atoms with E-state index in [0.29, 0.717) is 19.1 Å². The number of nitrogens with one attached hydrogen (secondary N) is 1. The van der Waals surface area contributed by atoms with Crippen LogP contribution in [-0.4, -0.2) is 35.8 Å². The number of hydrogen-bond acceptors (Lipinski definition) is 5. The average Bonchev–Trinajstić information content (AvgIpc) is 2.25. The smallest absolute Gasteiger partial charge is 0.218 e. The van der Waals surface area contributed by atoms with Gasteiger partial charge in [-0.25, -0.2) is 9.97 Å². The maximum atomic E-state index is 5.43. The molecule has 1 aromatic heterocycles. The van der Waals surface area contributed by atoms with Gasteiger partial charge < -0.3 is 14.8 Å². The fourth-order valence-electron chi connectivity index (χ4n) is 1.13. The molecule has 5 heteroatoms. The minimum Gasteiger partial charge on any atom is -0.475 e. The van der Waals surface area contributed by atoms with Gasteiger partial charge in [-0.15, -0.1) is 0 Å². The van der Waals surface area contributed by atoms with Crippen molar-refractivity contribution in [1.82, 2.24) is 9.97 Å². The molecular weight excluding hydrogens is 206 g/mol. The summed E-state index contributed by atoms with van der Waals surface area (Å²) in [5, 5.41) is 3.09. The molecule has 1 heterocycles. The Balaban J connectivity index is 2.33.